The van der Waals surface area contributed by atoms with Crippen molar-refractivity contribution in [1.29, 1.82) is 0 Å². The molecule has 22 heavy (non-hydrogen) atoms. The Labute approximate surface area is 130 Å². The van der Waals surface area contributed by atoms with Gasteiger partial charge in [0.2, 0.25) is 0 Å². The SMILES string of the molecule is C[C@H]1CNC[C@@H](Nc2c3c(nc4ccnn24)C2(CC3)CC2)C1. The van der Waals surface area contributed by atoms with Crippen LogP contribution in [0.15, 0.2) is 12.3 Å². The predicted octanol–water partition coefficient (Wildman–Crippen LogP) is 2.12. The summed E-state index contributed by atoms with van der Waals surface area (Å²) in [6.07, 6.45) is 8.15. The largest absolute Gasteiger partial charge is 0.366 e. The fraction of sp³-hybridized carbons (Fsp3) is 0.647. The van der Waals surface area contributed by atoms with Crippen LogP contribution in [0, 0.1) is 5.92 Å². The number of hydrogen-bond acceptors (Lipinski definition) is 4. The Kier molecular flexibility index (Phi) is 2.60. The molecule has 1 saturated heterocycles. The van der Waals surface area contributed by atoms with Gasteiger partial charge in [-0.25, -0.2) is 4.98 Å². The van der Waals surface area contributed by atoms with Crippen LogP contribution in [0.25, 0.3) is 5.65 Å². The average molecular weight is 297 g/mol. The van der Waals surface area contributed by atoms with Gasteiger partial charge in [-0.05, 0) is 44.6 Å². The van der Waals surface area contributed by atoms with E-state index in [2.05, 4.69) is 22.7 Å². The quantitative estimate of drug-likeness (QED) is 0.891. The highest BCUT2D eigenvalue weighted by Crippen LogP contribution is 2.57. The van der Waals surface area contributed by atoms with Gasteiger partial charge in [0, 0.05) is 29.6 Å². The molecule has 0 unspecified atom stereocenters. The van der Waals surface area contributed by atoms with Gasteiger partial charge in [-0.3, -0.25) is 0 Å². The van der Waals surface area contributed by atoms with Gasteiger partial charge in [-0.1, -0.05) is 6.92 Å². The van der Waals surface area contributed by atoms with Crippen LogP contribution < -0.4 is 10.6 Å². The number of nitrogens with one attached hydrogen (secondary N) is 2. The van der Waals surface area contributed by atoms with E-state index in [9.17, 15) is 0 Å². The number of nitrogens with zero attached hydrogens (tertiary/aromatic N) is 3. The molecule has 5 heteroatoms. The lowest BCUT2D eigenvalue weighted by Crippen LogP contribution is -2.43. The van der Waals surface area contributed by atoms with Crippen LogP contribution in [0.5, 0.6) is 0 Å². The summed E-state index contributed by atoms with van der Waals surface area (Å²) < 4.78 is 2.01. The number of fused-ring (bicyclic) bond motifs is 3. The maximum atomic E-state index is 4.94. The van der Waals surface area contributed by atoms with Crippen molar-refractivity contribution < 1.29 is 0 Å². The summed E-state index contributed by atoms with van der Waals surface area (Å²) in [7, 11) is 0. The van der Waals surface area contributed by atoms with Crippen LogP contribution in [-0.2, 0) is 11.8 Å². The van der Waals surface area contributed by atoms with Crippen molar-refractivity contribution in [3.63, 3.8) is 0 Å². The van der Waals surface area contributed by atoms with Crippen LogP contribution >= 0.6 is 0 Å². The third-order valence-corrected chi connectivity index (χ3v) is 5.75. The average Bonchev–Trinajstić information content (AvgIpc) is 2.99. The summed E-state index contributed by atoms with van der Waals surface area (Å²) >= 11 is 0. The van der Waals surface area contributed by atoms with Gasteiger partial charge >= 0.3 is 0 Å². The van der Waals surface area contributed by atoms with E-state index < -0.39 is 0 Å². The first-order valence-electron chi connectivity index (χ1n) is 8.59. The second kappa shape index (κ2) is 4.44. The van der Waals surface area contributed by atoms with Gasteiger partial charge in [-0.15, -0.1) is 0 Å². The van der Waals surface area contributed by atoms with E-state index in [4.69, 9.17) is 4.98 Å². The van der Waals surface area contributed by atoms with Crippen molar-refractivity contribution in [1.82, 2.24) is 19.9 Å². The molecule has 0 bridgehead atoms. The normalized spacial score (nSPS) is 29.0. The molecule has 2 atom stereocenters. The third-order valence-electron chi connectivity index (χ3n) is 5.75. The molecule has 1 saturated carbocycles. The Balaban J connectivity index is 1.59. The molecule has 5 nitrogen and oxygen atoms in total. The number of rotatable bonds is 2. The van der Waals surface area contributed by atoms with E-state index in [0.29, 0.717) is 11.5 Å². The minimum Gasteiger partial charge on any atom is -0.366 e. The van der Waals surface area contributed by atoms with Gasteiger partial charge in [0.25, 0.3) is 0 Å². The van der Waals surface area contributed by atoms with Crippen molar-refractivity contribution in [2.24, 2.45) is 5.92 Å². The van der Waals surface area contributed by atoms with Gasteiger partial charge < -0.3 is 10.6 Å². The maximum absolute atomic E-state index is 4.94. The second-order valence-electron chi connectivity index (χ2n) is 7.51. The highest BCUT2D eigenvalue weighted by molar-refractivity contribution is 5.60. The molecule has 5 rings (SSSR count). The molecular formula is C17H23N5. The van der Waals surface area contributed by atoms with E-state index in [1.54, 1.807) is 0 Å². The highest BCUT2D eigenvalue weighted by Gasteiger charge is 2.51. The Morgan fingerprint density at radius 3 is 3.05 bits per heavy atom. The zero-order valence-electron chi connectivity index (χ0n) is 13.1. The molecule has 116 valence electrons. The fourth-order valence-corrected chi connectivity index (χ4v) is 4.38. The van der Waals surface area contributed by atoms with E-state index >= 15 is 0 Å². The molecule has 2 aromatic heterocycles. The summed E-state index contributed by atoms with van der Waals surface area (Å²) in [6.45, 7) is 4.49. The topological polar surface area (TPSA) is 54.2 Å². The summed E-state index contributed by atoms with van der Waals surface area (Å²) in [6, 6.07) is 2.51. The van der Waals surface area contributed by atoms with Crippen LogP contribution in [0.1, 0.15) is 43.9 Å². The molecule has 1 aliphatic heterocycles. The standard InChI is InChI=1S/C17H23N5/c1-11-8-12(10-18-9-11)20-16-13-2-4-17(5-6-17)15(13)21-14-3-7-19-22(14)16/h3,7,11-12,18,20H,2,4-6,8-10H2,1H3/t11-,12+/m1/s1. The van der Waals surface area contributed by atoms with Crippen molar-refractivity contribution >= 4 is 11.5 Å². The summed E-state index contributed by atoms with van der Waals surface area (Å²) in [5, 5.41) is 11.9. The first-order chi connectivity index (χ1) is 10.8. The zero-order valence-corrected chi connectivity index (χ0v) is 13.1. The molecule has 0 amide bonds. The van der Waals surface area contributed by atoms with Crippen molar-refractivity contribution in [2.75, 3.05) is 18.4 Å². The maximum Gasteiger partial charge on any atom is 0.157 e. The Morgan fingerprint density at radius 1 is 1.32 bits per heavy atom. The molecule has 2 aromatic rings. The zero-order chi connectivity index (χ0) is 14.7. The molecule has 0 radical (unpaired) electrons. The first-order valence-corrected chi connectivity index (χ1v) is 8.59. The van der Waals surface area contributed by atoms with Gasteiger partial charge in [0.05, 0.1) is 11.9 Å². The molecule has 0 aromatic carbocycles. The van der Waals surface area contributed by atoms with Crippen LogP contribution in [0.3, 0.4) is 0 Å². The third kappa shape index (κ3) is 1.81. The Hall–Kier alpha value is -1.62. The predicted molar refractivity (Wildman–Crippen MR) is 86.3 cm³/mol. The van der Waals surface area contributed by atoms with Gasteiger partial charge in [0.1, 0.15) is 5.82 Å². The first kappa shape index (κ1) is 12.9. The molecule has 2 fully saturated rings. The summed E-state index contributed by atoms with van der Waals surface area (Å²) in [4.78, 5) is 4.94. The number of hydrogen-bond donors (Lipinski definition) is 2. The number of aromatic nitrogens is 3. The van der Waals surface area contributed by atoms with E-state index in [1.165, 1.54) is 42.8 Å². The van der Waals surface area contributed by atoms with E-state index in [-0.39, 0.29) is 0 Å². The Bertz CT molecular complexity index is 730. The number of piperidine rings is 1. The van der Waals surface area contributed by atoms with Crippen molar-refractivity contribution in [3.05, 3.63) is 23.5 Å². The summed E-state index contributed by atoms with van der Waals surface area (Å²) in [5.41, 5.74) is 4.19. The van der Waals surface area contributed by atoms with Crippen molar-refractivity contribution in [3.8, 4) is 0 Å². The smallest absolute Gasteiger partial charge is 0.157 e. The van der Waals surface area contributed by atoms with Crippen LogP contribution in [-0.4, -0.2) is 33.7 Å². The molecule has 1 spiro atoms. The highest BCUT2D eigenvalue weighted by atomic mass is 15.3. The Morgan fingerprint density at radius 2 is 2.23 bits per heavy atom. The molecule has 2 aliphatic carbocycles. The van der Waals surface area contributed by atoms with Gasteiger partial charge in [0.15, 0.2) is 5.65 Å². The minimum absolute atomic E-state index is 0.413. The fourth-order valence-electron chi connectivity index (χ4n) is 4.38. The summed E-state index contributed by atoms with van der Waals surface area (Å²) in [5.74, 6) is 1.93. The lowest BCUT2D eigenvalue weighted by molar-refractivity contribution is 0.377. The second-order valence-corrected chi connectivity index (χ2v) is 7.51. The lowest BCUT2D eigenvalue weighted by atomic mass is 9.97. The van der Waals surface area contributed by atoms with Crippen LogP contribution in [0.4, 0.5) is 5.82 Å². The number of anilines is 1. The molecule has 2 N–H and O–H groups in total. The molecule has 3 heterocycles. The lowest BCUT2D eigenvalue weighted by Gasteiger charge is -2.30. The minimum atomic E-state index is 0.413. The molecular weight excluding hydrogens is 274 g/mol. The van der Waals surface area contributed by atoms with Crippen LogP contribution in [0.2, 0.25) is 0 Å². The monoisotopic (exact) mass is 297 g/mol. The van der Waals surface area contributed by atoms with Gasteiger partial charge in [-0.2, -0.15) is 9.61 Å². The van der Waals surface area contributed by atoms with E-state index in [0.717, 1.165) is 31.1 Å². The molecule has 3 aliphatic rings. The van der Waals surface area contributed by atoms with Crippen molar-refractivity contribution in [2.45, 2.75) is 50.5 Å². The van der Waals surface area contributed by atoms with E-state index in [1.807, 2.05) is 16.8 Å².